The van der Waals surface area contributed by atoms with Crippen LogP contribution in [0.2, 0.25) is 0 Å². The molecule has 0 saturated carbocycles. The number of nitrogen functional groups attached to an aromatic ring is 2. The Hall–Kier alpha value is -2.24. The van der Waals surface area contributed by atoms with Crippen molar-refractivity contribution in [1.82, 2.24) is 5.32 Å². The molecule has 0 bridgehead atoms. The summed E-state index contributed by atoms with van der Waals surface area (Å²) in [6, 6.07) is 4.55. The highest BCUT2D eigenvalue weighted by Crippen LogP contribution is 2.15. The molecule has 0 fully saturated rings. The molecule has 1 rings (SSSR count). The second-order valence-electron chi connectivity index (χ2n) is 4.96. The summed E-state index contributed by atoms with van der Waals surface area (Å²) in [5.74, 6) is -0.935. The molecule has 1 aromatic rings. The van der Waals surface area contributed by atoms with Crippen LogP contribution in [0.5, 0.6) is 0 Å². The highest BCUT2D eigenvalue weighted by atomic mass is 16.5. The highest BCUT2D eigenvalue weighted by Gasteiger charge is 2.21. The molecule has 0 radical (unpaired) electrons. The fraction of sp³-hybridized carbons (Fsp3) is 0.467. The lowest BCUT2D eigenvalue weighted by Gasteiger charge is -2.18. The number of hydrogen-bond donors (Lipinski definition) is 3. The van der Waals surface area contributed by atoms with Crippen molar-refractivity contribution in [3.05, 3.63) is 23.8 Å². The summed E-state index contributed by atoms with van der Waals surface area (Å²) >= 11 is 0. The molecule has 6 heteroatoms. The summed E-state index contributed by atoms with van der Waals surface area (Å²) < 4.78 is 5.14. The van der Waals surface area contributed by atoms with Crippen molar-refractivity contribution in [1.29, 1.82) is 0 Å². The van der Waals surface area contributed by atoms with Gasteiger partial charge in [0.15, 0.2) is 6.10 Å². The van der Waals surface area contributed by atoms with Crippen LogP contribution in [0, 0.1) is 0 Å². The number of nitrogens with two attached hydrogens (primary N) is 2. The molecule has 6 nitrogen and oxygen atoms in total. The van der Waals surface area contributed by atoms with Gasteiger partial charge in [0.1, 0.15) is 0 Å². The van der Waals surface area contributed by atoms with E-state index in [1.54, 1.807) is 6.07 Å². The highest BCUT2D eigenvalue weighted by molar-refractivity contribution is 5.94. The van der Waals surface area contributed by atoms with E-state index in [1.807, 2.05) is 13.8 Å². The molecular weight excluding hydrogens is 270 g/mol. The van der Waals surface area contributed by atoms with E-state index < -0.39 is 12.1 Å². The van der Waals surface area contributed by atoms with Crippen molar-refractivity contribution in [2.75, 3.05) is 11.5 Å². The van der Waals surface area contributed by atoms with Gasteiger partial charge in [-0.15, -0.1) is 0 Å². The first kappa shape index (κ1) is 16.8. The predicted octanol–water partition coefficient (Wildman–Crippen LogP) is 1.70. The van der Waals surface area contributed by atoms with Crippen LogP contribution in [0.3, 0.4) is 0 Å². The quantitative estimate of drug-likeness (QED) is 0.546. The van der Waals surface area contributed by atoms with Gasteiger partial charge in [0.2, 0.25) is 0 Å². The monoisotopic (exact) mass is 293 g/mol. The van der Waals surface area contributed by atoms with Crippen molar-refractivity contribution in [3.8, 4) is 0 Å². The number of rotatable bonds is 6. The Bertz CT molecular complexity index is 493. The van der Waals surface area contributed by atoms with E-state index in [0.29, 0.717) is 11.4 Å². The van der Waals surface area contributed by atoms with Crippen LogP contribution in [0.1, 0.15) is 44.0 Å². The molecule has 0 spiro atoms. The topological polar surface area (TPSA) is 107 Å². The van der Waals surface area contributed by atoms with Crippen molar-refractivity contribution in [2.45, 2.75) is 45.8 Å². The molecule has 5 N–H and O–H groups in total. The number of ether oxygens (including phenoxy) is 1. The van der Waals surface area contributed by atoms with E-state index in [9.17, 15) is 9.59 Å². The zero-order chi connectivity index (χ0) is 16.0. The number of amides is 1. The molecule has 0 aromatic heterocycles. The van der Waals surface area contributed by atoms with E-state index in [1.165, 1.54) is 19.1 Å². The van der Waals surface area contributed by atoms with Crippen molar-refractivity contribution in [2.24, 2.45) is 0 Å². The van der Waals surface area contributed by atoms with Gasteiger partial charge in [-0.1, -0.05) is 13.8 Å². The maximum absolute atomic E-state index is 12.0. The van der Waals surface area contributed by atoms with Gasteiger partial charge in [-0.3, -0.25) is 4.79 Å². The predicted molar refractivity (Wildman–Crippen MR) is 82.7 cm³/mol. The fourth-order valence-corrected chi connectivity index (χ4v) is 1.89. The van der Waals surface area contributed by atoms with Crippen molar-refractivity contribution in [3.63, 3.8) is 0 Å². The largest absolute Gasteiger partial charge is 0.449 e. The molecule has 0 heterocycles. The summed E-state index contributed by atoms with van der Waals surface area (Å²) in [5.41, 5.74) is 12.2. The maximum atomic E-state index is 12.0. The zero-order valence-corrected chi connectivity index (χ0v) is 12.7. The van der Waals surface area contributed by atoms with Crippen LogP contribution in [0.15, 0.2) is 18.2 Å². The first-order valence-electron chi connectivity index (χ1n) is 7.04. The van der Waals surface area contributed by atoms with Gasteiger partial charge in [-0.2, -0.15) is 0 Å². The molecule has 1 aromatic carbocycles. The molecular formula is C15H23N3O3. The lowest BCUT2D eigenvalue weighted by atomic mass is 10.1. The fourth-order valence-electron chi connectivity index (χ4n) is 1.89. The summed E-state index contributed by atoms with van der Waals surface area (Å²) in [5, 5.41) is 2.83. The third-order valence-corrected chi connectivity index (χ3v) is 3.20. The van der Waals surface area contributed by atoms with Crippen LogP contribution >= 0.6 is 0 Å². The first-order valence-corrected chi connectivity index (χ1v) is 7.04. The minimum atomic E-state index is -0.874. The van der Waals surface area contributed by atoms with E-state index in [0.717, 1.165) is 12.8 Å². The Kier molecular flexibility index (Phi) is 6.02. The van der Waals surface area contributed by atoms with E-state index >= 15 is 0 Å². The van der Waals surface area contributed by atoms with Gasteiger partial charge in [-0.05, 0) is 38.0 Å². The average molecular weight is 293 g/mol. The van der Waals surface area contributed by atoms with Gasteiger partial charge in [0.25, 0.3) is 5.91 Å². The van der Waals surface area contributed by atoms with Gasteiger partial charge in [0, 0.05) is 17.4 Å². The van der Waals surface area contributed by atoms with Gasteiger partial charge < -0.3 is 21.5 Å². The molecule has 0 saturated heterocycles. The molecule has 1 amide bonds. The Labute approximate surface area is 124 Å². The number of carbonyl (C=O) groups is 2. The van der Waals surface area contributed by atoms with Crippen molar-refractivity contribution < 1.29 is 14.3 Å². The lowest BCUT2D eigenvalue weighted by molar-refractivity contribution is -0.129. The smallest absolute Gasteiger partial charge is 0.339 e. The maximum Gasteiger partial charge on any atom is 0.339 e. The van der Waals surface area contributed by atoms with Crippen molar-refractivity contribution >= 4 is 23.3 Å². The van der Waals surface area contributed by atoms with E-state index in [2.05, 4.69) is 5.32 Å². The summed E-state index contributed by atoms with van der Waals surface area (Å²) in [6.45, 7) is 5.51. The molecule has 116 valence electrons. The molecule has 0 aliphatic carbocycles. The molecule has 0 aliphatic rings. The molecule has 1 unspecified atom stereocenters. The molecule has 0 aliphatic heterocycles. The number of carbonyl (C=O) groups excluding carboxylic acids is 2. The molecule has 1 atom stereocenters. The lowest BCUT2D eigenvalue weighted by Crippen LogP contribution is -2.41. The number of anilines is 2. The third-order valence-electron chi connectivity index (χ3n) is 3.20. The normalized spacial score (nSPS) is 12.0. The van der Waals surface area contributed by atoms with Crippen LogP contribution in [-0.2, 0) is 9.53 Å². The molecule has 21 heavy (non-hydrogen) atoms. The number of hydrogen-bond acceptors (Lipinski definition) is 5. The Morgan fingerprint density at radius 2 is 1.67 bits per heavy atom. The summed E-state index contributed by atoms with van der Waals surface area (Å²) in [4.78, 5) is 23.9. The standard InChI is InChI=1S/C15H23N3O3/c1-4-13(5-2)18-14(19)9(3)21-15(20)10-6-11(16)8-12(17)7-10/h6-9,13H,4-5,16-17H2,1-3H3,(H,18,19). The summed E-state index contributed by atoms with van der Waals surface area (Å²) in [7, 11) is 0. The Morgan fingerprint density at radius 1 is 1.14 bits per heavy atom. The van der Waals surface area contributed by atoms with Gasteiger partial charge in [-0.25, -0.2) is 4.79 Å². The minimum absolute atomic E-state index is 0.0849. The first-order chi connectivity index (χ1) is 9.87. The number of nitrogens with one attached hydrogen (secondary N) is 1. The third kappa shape index (κ3) is 4.98. The van der Waals surface area contributed by atoms with Crippen LogP contribution in [0.4, 0.5) is 11.4 Å². The van der Waals surface area contributed by atoms with E-state index in [4.69, 9.17) is 16.2 Å². The second kappa shape index (κ2) is 7.52. The Morgan fingerprint density at radius 3 is 2.14 bits per heavy atom. The van der Waals surface area contributed by atoms with Crippen LogP contribution in [0.25, 0.3) is 0 Å². The SMILES string of the molecule is CCC(CC)NC(=O)C(C)OC(=O)c1cc(N)cc(N)c1. The van der Waals surface area contributed by atoms with E-state index in [-0.39, 0.29) is 17.5 Å². The number of benzene rings is 1. The van der Waals surface area contributed by atoms with Gasteiger partial charge in [0.05, 0.1) is 5.56 Å². The number of esters is 1. The zero-order valence-electron chi connectivity index (χ0n) is 12.7. The average Bonchev–Trinajstić information content (AvgIpc) is 2.43. The van der Waals surface area contributed by atoms with Gasteiger partial charge >= 0.3 is 5.97 Å². The minimum Gasteiger partial charge on any atom is -0.449 e. The van der Waals surface area contributed by atoms with Crippen LogP contribution < -0.4 is 16.8 Å². The Balaban J connectivity index is 2.67. The second-order valence-corrected chi connectivity index (χ2v) is 4.96. The summed E-state index contributed by atoms with van der Waals surface area (Å²) in [6.07, 6.45) is 0.782. The van der Waals surface area contributed by atoms with Crippen LogP contribution in [-0.4, -0.2) is 24.0 Å².